The summed E-state index contributed by atoms with van der Waals surface area (Å²) >= 11 is 0. The first-order valence-electron chi connectivity index (χ1n) is 12.0. The quantitative estimate of drug-likeness (QED) is 0.536. The molecule has 192 valence electrons. The Kier molecular flexibility index (Phi) is 6.32. The highest BCUT2D eigenvalue weighted by atomic mass is 19.4. The van der Waals surface area contributed by atoms with Crippen molar-refractivity contribution in [2.75, 3.05) is 32.2 Å². The van der Waals surface area contributed by atoms with Crippen LogP contribution in [0.5, 0.6) is 11.5 Å². The lowest BCUT2D eigenvalue weighted by molar-refractivity contribution is -0.138. The Balaban J connectivity index is 1.71. The number of aromatic nitrogens is 2. The summed E-state index contributed by atoms with van der Waals surface area (Å²) in [7, 11) is 1.60. The van der Waals surface area contributed by atoms with Crippen molar-refractivity contribution in [3.63, 3.8) is 0 Å². The molecule has 2 aliphatic rings. The van der Waals surface area contributed by atoms with E-state index >= 15 is 0 Å². The van der Waals surface area contributed by atoms with E-state index in [1.165, 1.54) is 13.0 Å². The molecule has 1 N–H and O–H groups in total. The fraction of sp³-hybridized carbons (Fsp3) is 0.462. The lowest BCUT2D eigenvalue weighted by Crippen LogP contribution is -2.20. The number of fused-ring (bicyclic) bond motifs is 3. The first-order chi connectivity index (χ1) is 17.2. The molecule has 1 saturated heterocycles. The van der Waals surface area contributed by atoms with Crippen molar-refractivity contribution in [2.45, 2.75) is 52.1 Å². The molecule has 36 heavy (non-hydrogen) atoms. The van der Waals surface area contributed by atoms with Gasteiger partial charge in [-0.2, -0.15) is 18.2 Å². The van der Waals surface area contributed by atoms with Gasteiger partial charge in [-0.1, -0.05) is 12.1 Å². The van der Waals surface area contributed by atoms with Gasteiger partial charge in [-0.15, -0.1) is 0 Å². The van der Waals surface area contributed by atoms with Crippen molar-refractivity contribution in [3.8, 4) is 11.5 Å². The van der Waals surface area contributed by atoms with E-state index in [9.17, 15) is 13.2 Å². The minimum Gasteiger partial charge on any atom is -0.493 e. The first kappa shape index (κ1) is 24.4. The van der Waals surface area contributed by atoms with Crippen molar-refractivity contribution in [1.82, 2.24) is 9.55 Å². The fourth-order valence-electron chi connectivity index (χ4n) is 5.05. The van der Waals surface area contributed by atoms with Crippen LogP contribution in [0.3, 0.4) is 0 Å². The number of methoxy groups -OCH3 is 1. The van der Waals surface area contributed by atoms with Gasteiger partial charge in [-0.3, -0.25) is 4.99 Å². The molecule has 2 aliphatic heterocycles. The molecule has 0 amide bonds. The molecule has 3 heterocycles. The van der Waals surface area contributed by atoms with Gasteiger partial charge in [-0.25, -0.2) is 0 Å². The topological polar surface area (TPSA) is 69.9 Å². The van der Waals surface area contributed by atoms with Crippen LogP contribution in [0.15, 0.2) is 29.3 Å². The van der Waals surface area contributed by atoms with Crippen LogP contribution in [0.4, 0.5) is 19.1 Å². The third kappa shape index (κ3) is 4.27. The zero-order valence-electron chi connectivity index (χ0n) is 20.7. The fourth-order valence-corrected chi connectivity index (χ4v) is 5.05. The Morgan fingerprint density at radius 3 is 2.75 bits per heavy atom. The predicted molar refractivity (Wildman–Crippen MR) is 130 cm³/mol. The van der Waals surface area contributed by atoms with E-state index in [0.717, 1.165) is 35.5 Å². The number of nitrogens with one attached hydrogen (secondary N) is 1. The van der Waals surface area contributed by atoms with Gasteiger partial charge in [0.15, 0.2) is 17.0 Å². The van der Waals surface area contributed by atoms with Gasteiger partial charge in [0.1, 0.15) is 6.10 Å². The number of rotatable bonds is 5. The minimum absolute atomic E-state index is 0.0844. The second-order valence-electron chi connectivity index (χ2n) is 9.19. The summed E-state index contributed by atoms with van der Waals surface area (Å²) in [5.41, 5.74) is 2.16. The third-order valence-electron chi connectivity index (χ3n) is 6.90. The number of alkyl halides is 3. The molecule has 0 saturated carbocycles. The molecule has 3 aromatic rings. The molecule has 2 atom stereocenters. The smallest absolute Gasteiger partial charge is 0.416 e. The Morgan fingerprint density at radius 2 is 2.06 bits per heavy atom. The molecule has 10 heteroatoms. The first-order valence-corrected chi connectivity index (χ1v) is 12.0. The molecule has 5 rings (SSSR count). The Morgan fingerprint density at radius 1 is 1.25 bits per heavy atom. The normalized spacial score (nSPS) is 18.9. The summed E-state index contributed by atoms with van der Waals surface area (Å²) in [5.74, 6) is 1.87. The van der Waals surface area contributed by atoms with Crippen LogP contribution in [-0.4, -0.2) is 42.5 Å². The van der Waals surface area contributed by atoms with Gasteiger partial charge in [-0.05, 0) is 38.0 Å². The second-order valence-corrected chi connectivity index (χ2v) is 9.19. The van der Waals surface area contributed by atoms with Crippen molar-refractivity contribution in [2.24, 2.45) is 4.99 Å². The molecule has 0 spiro atoms. The van der Waals surface area contributed by atoms with Gasteiger partial charge in [0.25, 0.3) is 0 Å². The molecular weight excluding hydrogens is 473 g/mol. The standard InChI is InChI=1S/C26H29F3N4O3/c1-14-18(6-5-7-19(14)26(27,28)29)16(3)31-24-22-15(2)23(36-17-8-11-35-13-17)21(34-4)12-20(22)33-10-9-30-25(33)32-24/h5-7,12,16-17H,8-11,13H2,1-4H3,(H,30,31,32). The lowest BCUT2D eigenvalue weighted by atomic mass is 9.97. The number of benzene rings is 2. The second kappa shape index (κ2) is 9.31. The van der Waals surface area contributed by atoms with Crippen molar-refractivity contribution >= 4 is 16.9 Å². The summed E-state index contributed by atoms with van der Waals surface area (Å²) < 4.78 is 60.1. The van der Waals surface area contributed by atoms with Crippen molar-refractivity contribution in [1.29, 1.82) is 0 Å². The van der Waals surface area contributed by atoms with Gasteiger partial charge >= 0.3 is 6.18 Å². The van der Waals surface area contributed by atoms with Gasteiger partial charge in [0, 0.05) is 36.5 Å². The number of hydrogen-bond acceptors (Lipinski definition) is 6. The molecule has 2 aromatic carbocycles. The maximum atomic E-state index is 13.5. The van der Waals surface area contributed by atoms with Gasteiger partial charge in [0.05, 0.1) is 37.4 Å². The van der Waals surface area contributed by atoms with Gasteiger partial charge < -0.3 is 24.1 Å². The number of halogens is 3. The number of ether oxygens (including phenoxy) is 3. The van der Waals surface area contributed by atoms with E-state index < -0.39 is 17.8 Å². The molecule has 1 aromatic heterocycles. The number of hydrogen-bond donors (Lipinski definition) is 1. The third-order valence-corrected chi connectivity index (χ3v) is 6.90. The maximum absolute atomic E-state index is 13.5. The highest BCUT2D eigenvalue weighted by Crippen LogP contribution is 2.39. The summed E-state index contributed by atoms with van der Waals surface area (Å²) in [6.07, 6.45) is -3.73. The van der Waals surface area contributed by atoms with Crippen LogP contribution >= 0.6 is 0 Å². The minimum atomic E-state index is -4.43. The summed E-state index contributed by atoms with van der Waals surface area (Å²) in [6.45, 7) is 7.80. The van der Waals surface area contributed by atoms with Gasteiger partial charge in [0.2, 0.25) is 5.95 Å². The zero-order chi connectivity index (χ0) is 25.6. The van der Waals surface area contributed by atoms with Crippen molar-refractivity contribution < 1.29 is 27.4 Å². The average Bonchev–Trinajstić information content (AvgIpc) is 3.51. The Bertz CT molecular complexity index is 1380. The zero-order valence-corrected chi connectivity index (χ0v) is 20.7. The average molecular weight is 503 g/mol. The number of aryl methyl sites for hydroxylation is 1. The highest BCUT2D eigenvalue weighted by Gasteiger charge is 2.33. The van der Waals surface area contributed by atoms with Crippen LogP contribution in [0, 0.1) is 13.8 Å². The van der Waals surface area contributed by atoms with E-state index in [1.807, 2.05) is 13.0 Å². The van der Waals surface area contributed by atoms with E-state index in [0.29, 0.717) is 48.3 Å². The predicted octanol–water partition coefficient (Wildman–Crippen LogP) is 4.94. The number of nitrogens with zero attached hydrogens (tertiary/aromatic N) is 3. The van der Waals surface area contributed by atoms with E-state index in [-0.39, 0.29) is 11.7 Å². The molecule has 0 aliphatic carbocycles. The lowest BCUT2D eigenvalue weighted by Gasteiger charge is -2.20. The summed E-state index contributed by atoms with van der Waals surface area (Å²) in [4.78, 5) is 9.63. The van der Waals surface area contributed by atoms with Crippen LogP contribution in [0.2, 0.25) is 0 Å². The molecule has 7 nitrogen and oxygen atoms in total. The monoisotopic (exact) mass is 502 g/mol. The molecular formula is C26H29F3N4O3. The van der Waals surface area contributed by atoms with Crippen LogP contribution in [0.1, 0.15) is 41.6 Å². The van der Waals surface area contributed by atoms with Crippen LogP contribution < -0.4 is 20.3 Å². The number of anilines is 1. The van der Waals surface area contributed by atoms with Crippen molar-refractivity contribution in [3.05, 3.63) is 52.0 Å². The SMILES string of the molecule is COc1cc2c(c(C)c1OC1CCOC1)c(=NC(C)c1cccc(C(F)(F)F)c1C)nc1n2CCN1. The molecule has 2 unspecified atom stereocenters. The Labute approximate surface area is 206 Å². The van der Waals surface area contributed by atoms with E-state index in [4.69, 9.17) is 24.2 Å². The maximum Gasteiger partial charge on any atom is 0.416 e. The molecule has 1 fully saturated rings. The van der Waals surface area contributed by atoms with Crippen LogP contribution in [0.25, 0.3) is 10.9 Å². The molecule has 0 radical (unpaired) electrons. The highest BCUT2D eigenvalue weighted by molar-refractivity contribution is 5.87. The Hall–Kier alpha value is -3.27. The molecule has 0 bridgehead atoms. The summed E-state index contributed by atoms with van der Waals surface area (Å²) in [5, 5.41) is 4.06. The largest absolute Gasteiger partial charge is 0.493 e. The van der Waals surface area contributed by atoms with Crippen LogP contribution in [-0.2, 0) is 17.5 Å². The van der Waals surface area contributed by atoms with E-state index in [1.54, 1.807) is 20.1 Å². The van der Waals surface area contributed by atoms with E-state index in [2.05, 4.69) is 9.88 Å². The summed E-state index contributed by atoms with van der Waals surface area (Å²) in [6, 6.07) is 5.58.